The average molecular weight is 308 g/mol. The molecule has 0 aliphatic heterocycles. The molecule has 2 rings (SSSR count). The lowest BCUT2D eigenvalue weighted by Crippen LogP contribution is -2.39. The van der Waals surface area contributed by atoms with Crippen molar-refractivity contribution in [3.05, 3.63) is 65.2 Å². The minimum atomic E-state index is -0.824. The molecule has 3 N–H and O–H groups in total. The molecule has 0 aliphatic rings. The third-order valence-corrected chi connectivity index (χ3v) is 4.61. The standard InChI is InChI=1S/C16H18F2N2S/c1-11-5-2-3-8-15(11)21-10-13(20-19)9-12-6-4-7-14(17)16(12)18/h2-8,13,20H,9-10,19H2,1H3. The first kappa shape index (κ1) is 15.9. The van der Waals surface area contributed by atoms with Crippen LogP contribution in [0.1, 0.15) is 11.1 Å². The molecule has 1 unspecified atom stereocenters. The van der Waals surface area contributed by atoms with Crippen LogP contribution in [0.25, 0.3) is 0 Å². The van der Waals surface area contributed by atoms with E-state index in [1.165, 1.54) is 11.6 Å². The number of halogens is 2. The zero-order valence-corrected chi connectivity index (χ0v) is 12.6. The van der Waals surface area contributed by atoms with Crippen LogP contribution in [-0.2, 0) is 6.42 Å². The number of benzene rings is 2. The molecule has 0 fully saturated rings. The number of nitrogens with two attached hydrogens (primary N) is 1. The lowest BCUT2D eigenvalue weighted by Gasteiger charge is -2.16. The summed E-state index contributed by atoms with van der Waals surface area (Å²) in [5.41, 5.74) is 4.20. The van der Waals surface area contributed by atoms with Gasteiger partial charge in [-0.25, -0.2) is 8.78 Å². The van der Waals surface area contributed by atoms with E-state index in [2.05, 4.69) is 5.43 Å². The molecule has 0 saturated heterocycles. The van der Waals surface area contributed by atoms with Gasteiger partial charge in [-0.15, -0.1) is 11.8 Å². The topological polar surface area (TPSA) is 38.0 Å². The zero-order chi connectivity index (χ0) is 15.2. The molecule has 21 heavy (non-hydrogen) atoms. The molecule has 1 atom stereocenters. The van der Waals surface area contributed by atoms with E-state index in [9.17, 15) is 8.78 Å². The average Bonchev–Trinajstić information content (AvgIpc) is 2.49. The molecule has 5 heteroatoms. The van der Waals surface area contributed by atoms with Gasteiger partial charge >= 0.3 is 0 Å². The number of nitrogens with one attached hydrogen (secondary N) is 1. The smallest absolute Gasteiger partial charge is 0.162 e. The van der Waals surface area contributed by atoms with Gasteiger partial charge in [-0.3, -0.25) is 11.3 Å². The number of thioether (sulfide) groups is 1. The highest BCUT2D eigenvalue weighted by atomic mass is 32.2. The fraction of sp³-hybridized carbons (Fsp3) is 0.250. The molecule has 2 aromatic carbocycles. The largest absolute Gasteiger partial charge is 0.271 e. The monoisotopic (exact) mass is 308 g/mol. The van der Waals surface area contributed by atoms with Crippen LogP contribution in [0.4, 0.5) is 8.78 Å². The van der Waals surface area contributed by atoms with Gasteiger partial charge in [0.1, 0.15) is 0 Å². The Hall–Kier alpha value is -1.43. The summed E-state index contributed by atoms with van der Waals surface area (Å²) >= 11 is 1.65. The maximum absolute atomic E-state index is 13.7. The molecular formula is C16H18F2N2S. The third-order valence-electron chi connectivity index (χ3n) is 3.27. The number of hydrogen-bond acceptors (Lipinski definition) is 3. The van der Waals surface area contributed by atoms with Gasteiger partial charge in [0.2, 0.25) is 0 Å². The molecule has 0 radical (unpaired) electrons. The van der Waals surface area contributed by atoms with Gasteiger partial charge in [-0.1, -0.05) is 30.3 Å². The molecule has 0 saturated carbocycles. The first-order valence-electron chi connectivity index (χ1n) is 6.69. The Morgan fingerprint density at radius 1 is 1.14 bits per heavy atom. The van der Waals surface area contributed by atoms with Crippen molar-refractivity contribution in [2.75, 3.05) is 5.75 Å². The normalized spacial score (nSPS) is 12.4. The van der Waals surface area contributed by atoms with E-state index in [1.54, 1.807) is 17.8 Å². The van der Waals surface area contributed by atoms with Crippen LogP contribution in [0, 0.1) is 18.6 Å². The Morgan fingerprint density at radius 3 is 2.62 bits per heavy atom. The van der Waals surface area contributed by atoms with E-state index in [4.69, 9.17) is 5.84 Å². The highest BCUT2D eigenvalue weighted by Gasteiger charge is 2.14. The van der Waals surface area contributed by atoms with Crippen LogP contribution in [0.15, 0.2) is 47.4 Å². The summed E-state index contributed by atoms with van der Waals surface area (Å²) in [7, 11) is 0. The van der Waals surface area contributed by atoms with Gasteiger partial charge in [0.05, 0.1) is 0 Å². The molecule has 2 nitrogen and oxygen atoms in total. The van der Waals surface area contributed by atoms with Crippen molar-refractivity contribution in [3.8, 4) is 0 Å². The van der Waals surface area contributed by atoms with Crippen molar-refractivity contribution in [1.29, 1.82) is 0 Å². The van der Waals surface area contributed by atoms with E-state index in [-0.39, 0.29) is 6.04 Å². The minimum Gasteiger partial charge on any atom is -0.271 e. The van der Waals surface area contributed by atoms with E-state index in [0.717, 1.165) is 11.0 Å². The van der Waals surface area contributed by atoms with E-state index < -0.39 is 11.6 Å². The molecule has 0 bridgehead atoms. The van der Waals surface area contributed by atoms with Crippen LogP contribution in [0.3, 0.4) is 0 Å². The second kappa shape index (κ2) is 7.54. The summed E-state index contributed by atoms with van der Waals surface area (Å²) in [6.07, 6.45) is 0.346. The van der Waals surface area contributed by atoms with Crippen molar-refractivity contribution in [2.24, 2.45) is 5.84 Å². The number of aryl methyl sites for hydroxylation is 1. The Labute approximate surface area is 127 Å². The number of hydrazine groups is 1. The first-order chi connectivity index (χ1) is 10.1. The van der Waals surface area contributed by atoms with Crippen molar-refractivity contribution >= 4 is 11.8 Å². The van der Waals surface area contributed by atoms with Crippen molar-refractivity contribution in [1.82, 2.24) is 5.43 Å². The Morgan fingerprint density at radius 2 is 1.90 bits per heavy atom. The van der Waals surface area contributed by atoms with Gasteiger partial charge in [0.15, 0.2) is 11.6 Å². The molecule has 0 aromatic heterocycles. The summed E-state index contributed by atoms with van der Waals surface area (Å²) in [5, 5.41) is 0. The van der Waals surface area contributed by atoms with Crippen molar-refractivity contribution in [2.45, 2.75) is 24.3 Å². The summed E-state index contributed by atoms with van der Waals surface area (Å²) in [5.74, 6) is 4.59. The fourth-order valence-corrected chi connectivity index (χ4v) is 3.11. The summed E-state index contributed by atoms with van der Waals surface area (Å²) in [4.78, 5) is 1.16. The Bertz CT molecular complexity index is 605. The Kier molecular flexibility index (Phi) is 5.73. The maximum Gasteiger partial charge on any atom is 0.162 e. The second-order valence-corrected chi connectivity index (χ2v) is 5.92. The van der Waals surface area contributed by atoms with Crippen molar-refractivity contribution in [3.63, 3.8) is 0 Å². The molecule has 0 heterocycles. The van der Waals surface area contributed by atoms with E-state index in [0.29, 0.717) is 17.7 Å². The zero-order valence-electron chi connectivity index (χ0n) is 11.8. The maximum atomic E-state index is 13.7. The SMILES string of the molecule is Cc1ccccc1SCC(Cc1cccc(F)c1F)NN. The molecule has 0 amide bonds. The van der Waals surface area contributed by atoms with Gasteiger partial charge in [-0.2, -0.15) is 0 Å². The molecular weight excluding hydrogens is 290 g/mol. The molecule has 0 aliphatic carbocycles. The minimum absolute atomic E-state index is 0.133. The van der Waals surface area contributed by atoms with Crippen LogP contribution in [0.5, 0.6) is 0 Å². The summed E-state index contributed by atoms with van der Waals surface area (Å²) in [6, 6.07) is 12.1. The lowest BCUT2D eigenvalue weighted by molar-refractivity contribution is 0.486. The molecule has 112 valence electrons. The van der Waals surface area contributed by atoms with E-state index >= 15 is 0 Å². The van der Waals surface area contributed by atoms with Crippen LogP contribution in [0.2, 0.25) is 0 Å². The van der Waals surface area contributed by atoms with Crippen LogP contribution in [-0.4, -0.2) is 11.8 Å². The van der Waals surface area contributed by atoms with Crippen LogP contribution < -0.4 is 11.3 Å². The lowest BCUT2D eigenvalue weighted by atomic mass is 10.1. The van der Waals surface area contributed by atoms with E-state index in [1.807, 2.05) is 31.2 Å². The van der Waals surface area contributed by atoms with Crippen LogP contribution >= 0.6 is 11.8 Å². The second-order valence-electron chi connectivity index (χ2n) is 4.86. The quantitative estimate of drug-likeness (QED) is 0.488. The highest BCUT2D eigenvalue weighted by Crippen LogP contribution is 2.23. The van der Waals surface area contributed by atoms with Gasteiger partial charge in [-0.05, 0) is 36.6 Å². The predicted molar refractivity (Wildman–Crippen MR) is 83.1 cm³/mol. The molecule has 0 spiro atoms. The van der Waals surface area contributed by atoms with Gasteiger partial charge < -0.3 is 0 Å². The molecule has 2 aromatic rings. The highest BCUT2D eigenvalue weighted by molar-refractivity contribution is 7.99. The fourth-order valence-electron chi connectivity index (χ4n) is 2.05. The number of hydrogen-bond donors (Lipinski definition) is 2. The van der Waals surface area contributed by atoms with Gasteiger partial charge in [0.25, 0.3) is 0 Å². The predicted octanol–water partition coefficient (Wildman–Crippen LogP) is 3.44. The summed E-state index contributed by atoms with van der Waals surface area (Å²) in [6.45, 7) is 2.04. The van der Waals surface area contributed by atoms with Gasteiger partial charge in [0, 0.05) is 16.7 Å². The number of rotatable bonds is 6. The first-order valence-corrected chi connectivity index (χ1v) is 7.68. The third kappa shape index (κ3) is 4.27. The summed E-state index contributed by atoms with van der Waals surface area (Å²) < 4.78 is 26.9. The Balaban J connectivity index is 2.01. The van der Waals surface area contributed by atoms with Crippen molar-refractivity contribution < 1.29 is 8.78 Å².